The lowest BCUT2D eigenvalue weighted by molar-refractivity contribution is -0.137. The third-order valence-corrected chi connectivity index (χ3v) is 5.27. The lowest BCUT2D eigenvalue weighted by Crippen LogP contribution is -2.48. The maximum atomic E-state index is 13.5. The summed E-state index contributed by atoms with van der Waals surface area (Å²) >= 11 is 0. The Hall–Kier alpha value is -3.07. The molecule has 0 radical (unpaired) electrons. The third kappa shape index (κ3) is 4.25. The van der Waals surface area contributed by atoms with Crippen molar-refractivity contribution in [3.8, 4) is 0 Å². The van der Waals surface area contributed by atoms with Crippen LogP contribution in [-0.2, 0) is 11.0 Å². The number of piperidine rings is 1. The molecule has 0 atom stereocenters. The second-order valence-electron chi connectivity index (χ2n) is 7.33. The summed E-state index contributed by atoms with van der Waals surface area (Å²) < 4.78 is 51.4. The van der Waals surface area contributed by atoms with Crippen LogP contribution in [-0.4, -0.2) is 29.6 Å². The summed E-state index contributed by atoms with van der Waals surface area (Å²) in [6.07, 6.45) is -1.46. The number of anilines is 1. The number of benzene rings is 2. The summed E-state index contributed by atoms with van der Waals surface area (Å²) in [5.41, 5.74) is 3.13. The van der Waals surface area contributed by atoms with Crippen molar-refractivity contribution < 1.29 is 27.2 Å². The molecule has 4 rings (SSSR count). The normalized spacial score (nSPS) is 18.1. The fraction of sp³-hybridized carbons (Fsp3) is 0.286. The molecule has 30 heavy (non-hydrogen) atoms. The van der Waals surface area contributed by atoms with Gasteiger partial charge in [-0.15, -0.1) is 0 Å². The molecule has 1 fully saturated rings. The number of carbonyl (C=O) groups excluding carboxylic acids is 1. The Labute approximate surface area is 170 Å². The number of hydrogen-bond donors (Lipinski definition) is 2. The van der Waals surface area contributed by atoms with Gasteiger partial charge < -0.3 is 10.2 Å². The number of nitrogens with zero attached hydrogens (tertiary/aromatic N) is 1. The van der Waals surface area contributed by atoms with Gasteiger partial charge in [-0.2, -0.15) is 13.2 Å². The SMILES string of the molecule is O=C(Nc1ccc(C(F)(F)F)cc1)N1CCC2(C=C(c3cccc(F)c3)NO2)CC1. The molecule has 2 heterocycles. The molecule has 5 nitrogen and oxygen atoms in total. The highest BCUT2D eigenvalue weighted by Crippen LogP contribution is 2.35. The highest BCUT2D eigenvalue weighted by atomic mass is 19.4. The van der Waals surface area contributed by atoms with Crippen molar-refractivity contribution in [2.75, 3.05) is 18.4 Å². The van der Waals surface area contributed by atoms with E-state index in [1.54, 1.807) is 17.0 Å². The molecule has 158 valence electrons. The van der Waals surface area contributed by atoms with Gasteiger partial charge in [0.25, 0.3) is 0 Å². The monoisotopic (exact) mass is 421 g/mol. The molecule has 1 spiro atoms. The van der Waals surface area contributed by atoms with E-state index < -0.39 is 17.3 Å². The summed E-state index contributed by atoms with van der Waals surface area (Å²) in [7, 11) is 0. The van der Waals surface area contributed by atoms with Gasteiger partial charge in [-0.05, 0) is 42.5 Å². The van der Waals surface area contributed by atoms with E-state index >= 15 is 0 Å². The highest BCUT2D eigenvalue weighted by molar-refractivity contribution is 5.89. The zero-order valence-corrected chi connectivity index (χ0v) is 15.8. The molecule has 2 aliphatic rings. The largest absolute Gasteiger partial charge is 0.416 e. The fourth-order valence-corrected chi connectivity index (χ4v) is 3.56. The first-order chi connectivity index (χ1) is 14.2. The minimum absolute atomic E-state index is 0.292. The lowest BCUT2D eigenvalue weighted by atomic mass is 9.90. The second-order valence-corrected chi connectivity index (χ2v) is 7.33. The van der Waals surface area contributed by atoms with Crippen molar-refractivity contribution in [1.29, 1.82) is 0 Å². The molecule has 0 aliphatic carbocycles. The van der Waals surface area contributed by atoms with E-state index in [0.29, 0.717) is 42.9 Å². The molecular weight excluding hydrogens is 402 g/mol. The van der Waals surface area contributed by atoms with E-state index in [9.17, 15) is 22.4 Å². The van der Waals surface area contributed by atoms with E-state index in [4.69, 9.17) is 4.84 Å². The molecule has 0 aromatic heterocycles. The Balaban J connectivity index is 1.36. The Morgan fingerprint density at radius 1 is 1.10 bits per heavy atom. The zero-order valence-electron chi connectivity index (χ0n) is 15.8. The van der Waals surface area contributed by atoms with Crippen LogP contribution in [0.5, 0.6) is 0 Å². The maximum Gasteiger partial charge on any atom is 0.416 e. The van der Waals surface area contributed by atoms with Gasteiger partial charge >= 0.3 is 12.2 Å². The lowest BCUT2D eigenvalue weighted by Gasteiger charge is -2.36. The van der Waals surface area contributed by atoms with Crippen LogP contribution in [0.3, 0.4) is 0 Å². The van der Waals surface area contributed by atoms with Gasteiger partial charge in [0, 0.05) is 37.2 Å². The van der Waals surface area contributed by atoms with Gasteiger partial charge in [-0.25, -0.2) is 9.18 Å². The number of halogens is 4. The van der Waals surface area contributed by atoms with Gasteiger partial charge in [0.05, 0.1) is 11.3 Å². The molecule has 2 aliphatic heterocycles. The van der Waals surface area contributed by atoms with E-state index in [2.05, 4.69) is 10.8 Å². The Kier molecular flexibility index (Phi) is 5.15. The number of carbonyl (C=O) groups is 1. The van der Waals surface area contributed by atoms with Gasteiger partial charge in [-0.3, -0.25) is 10.3 Å². The summed E-state index contributed by atoms with van der Waals surface area (Å²) in [6.45, 7) is 0.808. The van der Waals surface area contributed by atoms with Crippen LogP contribution < -0.4 is 10.8 Å². The highest BCUT2D eigenvalue weighted by Gasteiger charge is 2.40. The number of urea groups is 1. The zero-order chi connectivity index (χ0) is 21.4. The number of rotatable bonds is 2. The standard InChI is InChI=1S/C21H19F4N3O2/c22-16-3-1-2-14(12-16)18-13-20(30-27-18)8-10-28(11-9-20)19(29)26-17-6-4-15(5-7-17)21(23,24)25/h1-7,12-13,27H,8-11H2,(H,26,29). The topological polar surface area (TPSA) is 53.6 Å². The molecule has 2 N–H and O–H groups in total. The van der Waals surface area contributed by atoms with Crippen LogP contribution >= 0.6 is 0 Å². The minimum atomic E-state index is -4.42. The van der Waals surface area contributed by atoms with Crippen molar-refractivity contribution in [2.24, 2.45) is 0 Å². The molecule has 2 aromatic carbocycles. The van der Waals surface area contributed by atoms with Crippen LogP contribution in [0.15, 0.2) is 54.6 Å². The third-order valence-electron chi connectivity index (χ3n) is 5.27. The van der Waals surface area contributed by atoms with Crippen molar-refractivity contribution in [2.45, 2.75) is 24.6 Å². The van der Waals surface area contributed by atoms with Crippen LogP contribution in [0.1, 0.15) is 24.0 Å². The van der Waals surface area contributed by atoms with Crippen molar-refractivity contribution >= 4 is 17.4 Å². The fourth-order valence-electron chi connectivity index (χ4n) is 3.56. The van der Waals surface area contributed by atoms with Crippen molar-refractivity contribution in [3.63, 3.8) is 0 Å². The molecule has 2 amide bonds. The number of amides is 2. The predicted octanol–water partition coefficient (Wildman–Crippen LogP) is 4.79. The smallest absolute Gasteiger partial charge is 0.324 e. The van der Waals surface area contributed by atoms with E-state index in [1.165, 1.54) is 24.3 Å². The van der Waals surface area contributed by atoms with Gasteiger partial charge in [-0.1, -0.05) is 12.1 Å². The molecule has 1 saturated heterocycles. The number of hydrogen-bond acceptors (Lipinski definition) is 3. The number of nitrogens with one attached hydrogen (secondary N) is 2. The molecule has 0 bridgehead atoms. The molecule has 0 unspecified atom stereocenters. The summed E-state index contributed by atoms with van der Waals surface area (Å²) in [5.74, 6) is -0.342. The number of likely N-dealkylation sites (tertiary alicyclic amines) is 1. The molecule has 2 aromatic rings. The molecule has 0 saturated carbocycles. The maximum absolute atomic E-state index is 13.5. The van der Waals surface area contributed by atoms with Crippen LogP contribution in [0.2, 0.25) is 0 Å². The van der Waals surface area contributed by atoms with Crippen LogP contribution in [0, 0.1) is 5.82 Å². The number of alkyl halides is 3. The van der Waals surface area contributed by atoms with E-state index in [1.807, 2.05) is 6.08 Å². The van der Waals surface area contributed by atoms with E-state index in [-0.39, 0.29) is 11.8 Å². The predicted molar refractivity (Wildman–Crippen MR) is 103 cm³/mol. The van der Waals surface area contributed by atoms with Crippen LogP contribution in [0.25, 0.3) is 5.70 Å². The number of hydroxylamine groups is 1. The van der Waals surface area contributed by atoms with Gasteiger partial charge in [0.15, 0.2) is 0 Å². The first kappa shape index (κ1) is 20.2. The summed E-state index contributed by atoms with van der Waals surface area (Å²) in [6, 6.07) is 10.1. The van der Waals surface area contributed by atoms with Crippen LogP contribution in [0.4, 0.5) is 28.0 Å². The molecular formula is C21H19F4N3O2. The first-order valence-corrected chi connectivity index (χ1v) is 9.40. The van der Waals surface area contributed by atoms with E-state index in [0.717, 1.165) is 12.1 Å². The average molecular weight is 421 g/mol. The summed E-state index contributed by atoms with van der Waals surface area (Å²) in [5, 5.41) is 2.62. The quantitative estimate of drug-likeness (QED) is 0.686. The van der Waals surface area contributed by atoms with Gasteiger partial charge in [0.2, 0.25) is 0 Å². The van der Waals surface area contributed by atoms with Gasteiger partial charge in [0.1, 0.15) is 11.4 Å². The van der Waals surface area contributed by atoms with Crippen molar-refractivity contribution in [3.05, 3.63) is 71.6 Å². The Morgan fingerprint density at radius 2 is 1.80 bits per heavy atom. The second kappa shape index (κ2) is 7.64. The summed E-state index contributed by atoms with van der Waals surface area (Å²) in [4.78, 5) is 19.8. The molecule has 9 heteroatoms. The Bertz CT molecular complexity index is 965. The first-order valence-electron chi connectivity index (χ1n) is 9.40. The van der Waals surface area contributed by atoms with Crippen molar-refractivity contribution in [1.82, 2.24) is 10.4 Å². The Morgan fingerprint density at radius 3 is 2.43 bits per heavy atom. The minimum Gasteiger partial charge on any atom is -0.324 e. The average Bonchev–Trinajstić information content (AvgIpc) is 3.12.